The largest absolute Gasteiger partial charge is 0.480 e. The fourth-order valence-corrected chi connectivity index (χ4v) is 3.24. The molecule has 0 spiro atoms. The Kier molecular flexibility index (Phi) is 33.1. The van der Waals surface area contributed by atoms with Crippen LogP contribution < -0.4 is 34.0 Å². The van der Waals surface area contributed by atoms with E-state index in [4.69, 9.17) is 59.3 Å². The van der Waals surface area contributed by atoms with Crippen LogP contribution >= 0.6 is 0 Å². The van der Waals surface area contributed by atoms with Crippen molar-refractivity contribution in [1.82, 2.24) is 5.32 Å². The predicted molar refractivity (Wildman–Crippen MR) is 196 cm³/mol. The van der Waals surface area contributed by atoms with E-state index in [0.717, 1.165) is 31.4 Å². The average molecular weight is 749 g/mol. The van der Waals surface area contributed by atoms with E-state index in [2.05, 4.69) is 5.32 Å². The number of hydrogen-bond acceptors (Lipinski definition) is 12. The molecular formula is C34H64N6O12. The molecule has 1 saturated heterocycles. The number of nitrogens with two attached hydrogens (primary N) is 5. The van der Waals surface area contributed by atoms with Gasteiger partial charge in [0.05, 0.1) is 0 Å². The summed E-state index contributed by atoms with van der Waals surface area (Å²) in [5.41, 5.74) is 26.8. The van der Waals surface area contributed by atoms with E-state index < -0.39 is 66.0 Å². The van der Waals surface area contributed by atoms with Crippen LogP contribution in [0.4, 0.5) is 0 Å². The maximum atomic E-state index is 10.4. The zero-order valence-corrected chi connectivity index (χ0v) is 31.3. The summed E-state index contributed by atoms with van der Waals surface area (Å²) in [5, 5.41) is 52.5. The normalized spacial score (nSPS) is 16.2. The first-order chi connectivity index (χ1) is 23.8. The van der Waals surface area contributed by atoms with E-state index in [1.54, 1.807) is 13.8 Å². The van der Waals surface area contributed by atoms with Gasteiger partial charge in [0.1, 0.15) is 36.3 Å². The molecule has 0 radical (unpaired) electrons. The highest BCUT2D eigenvalue weighted by atomic mass is 16.4. The third-order valence-electron chi connectivity index (χ3n) is 6.95. The lowest BCUT2D eigenvalue weighted by Crippen LogP contribution is -2.36. The maximum absolute atomic E-state index is 10.4. The Bertz CT molecular complexity index is 1140. The molecule has 0 saturated carbocycles. The van der Waals surface area contributed by atoms with Crippen molar-refractivity contribution < 1.29 is 59.4 Å². The van der Waals surface area contributed by atoms with Crippen LogP contribution in [-0.2, 0) is 35.2 Å². The first-order valence-corrected chi connectivity index (χ1v) is 16.8. The van der Waals surface area contributed by atoms with Crippen molar-refractivity contribution in [1.29, 1.82) is 0 Å². The van der Waals surface area contributed by atoms with Crippen molar-refractivity contribution in [2.45, 2.75) is 117 Å². The fraction of sp³-hybridized carbons (Fsp3) is 0.647. The van der Waals surface area contributed by atoms with Crippen LogP contribution in [0.5, 0.6) is 0 Å². The molecule has 0 amide bonds. The molecular weight excluding hydrogens is 684 g/mol. The summed E-state index contributed by atoms with van der Waals surface area (Å²) >= 11 is 0. The van der Waals surface area contributed by atoms with E-state index in [0.29, 0.717) is 18.8 Å². The SMILES string of the molecule is CC(C)C[C@H](N)C(=O)O.CC(C)[C@H](N)C(=O)O.CC[C@H](C)[C@H](N)C(=O)O.C[C@H](N)C(=O)O.N[C@@H](Cc1ccccc1)C(=O)O.O=C(O)[C@@H]1CCCN1. The molecule has 1 aromatic rings. The van der Waals surface area contributed by atoms with Crippen LogP contribution in [0.3, 0.4) is 0 Å². The smallest absolute Gasteiger partial charge is 0.320 e. The van der Waals surface area contributed by atoms with Crippen LogP contribution in [0.1, 0.15) is 79.7 Å². The van der Waals surface area contributed by atoms with Gasteiger partial charge in [0.2, 0.25) is 0 Å². The predicted octanol–water partition coefficient (Wildman–Crippen LogP) is 0.825. The molecule has 0 aliphatic carbocycles. The monoisotopic (exact) mass is 748 g/mol. The number of rotatable bonds is 13. The number of aliphatic carboxylic acids is 6. The van der Waals surface area contributed by atoms with E-state index in [1.807, 2.05) is 58.0 Å². The number of nitrogens with one attached hydrogen (secondary N) is 1. The summed E-state index contributed by atoms with van der Waals surface area (Å²) in [6, 6.07) is 5.44. The van der Waals surface area contributed by atoms with Crippen molar-refractivity contribution in [3.63, 3.8) is 0 Å². The highest BCUT2D eigenvalue weighted by Crippen LogP contribution is 2.05. The molecule has 1 aromatic carbocycles. The van der Waals surface area contributed by atoms with Gasteiger partial charge in [-0.1, -0.05) is 78.3 Å². The van der Waals surface area contributed by atoms with Gasteiger partial charge in [0, 0.05) is 0 Å². The van der Waals surface area contributed by atoms with Crippen molar-refractivity contribution in [2.75, 3.05) is 6.54 Å². The summed E-state index contributed by atoms with van der Waals surface area (Å²) in [4.78, 5) is 60.4. The van der Waals surface area contributed by atoms with Gasteiger partial charge < -0.3 is 64.6 Å². The molecule has 0 unspecified atom stereocenters. The Morgan fingerprint density at radius 3 is 1.33 bits per heavy atom. The standard InChI is InChI=1S/C9H11NO2.2C6H13NO2.C5H9NO2.C5H11NO2.C3H7NO2/c10-8(9(11)12)6-7-4-2-1-3-5-7;1-4(2)3-5(7)6(8)9;1-3-4(2)5(7)6(8)9;7-5(8)4-2-1-3-6-4;1-3(2)4(6)5(7)8;1-2(4)3(5)6/h1-5,8H,6,10H2,(H,11,12);2*4-5H,3,7H2,1-2H3,(H,8,9);4,6H,1-3H2,(H,7,8);3-4H,6H2,1-2H3,(H,7,8);2H,4H2,1H3,(H,5,6)/t8-;5-;4-,5-;2*4-;2-/m000000/s1. The fourth-order valence-electron chi connectivity index (χ4n) is 3.24. The number of carbonyl (C=O) groups is 6. The van der Waals surface area contributed by atoms with Gasteiger partial charge in [-0.25, -0.2) is 0 Å². The number of benzene rings is 1. The Labute approximate surface area is 306 Å². The van der Waals surface area contributed by atoms with Gasteiger partial charge in [-0.15, -0.1) is 0 Å². The molecule has 52 heavy (non-hydrogen) atoms. The second-order valence-corrected chi connectivity index (χ2v) is 12.7. The van der Waals surface area contributed by atoms with E-state index >= 15 is 0 Å². The third kappa shape index (κ3) is 33.0. The minimum absolute atomic E-state index is 0.0208. The van der Waals surface area contributed by atoms with Gasteiger partial charge in [-0.05, 0) is 62.5 Å². The zero-order chi connectivity index (χ0) is 41.7. The molecule has 302 valence electrons. The number of hydrogen-bond donors (Lipinski definition) is 12. The summed E-state index contributed by atoms with van der Waals surface area (Å²) < 4.78 is 0. The van der Waals surface area contributed by atoms with Crippen LogP contribution in [0.25, 0.3) is 0 Å². The number of carboxylic acids is 6. The molecule has 0 bridgehead atoms. The maximum Gasteiger partial charge on any atom is 0.320 e. The molecule has 1 aliphatic heterocycles. The lowest BCUT2D eigenvalue weighted by molar-refractivity contribution is -0.140. The van der Waals surface area contributed by atoms with Crippen LogP contribution in [0.15, 0.2) is 30.3 Å². The van der Waals surface area contributed by atoms with Crippen LogP contribution in [0, 0.1) is 17.8 Å². The van der Waals surface area contributed by atoms with Gasteiger partial charge in [0.25, 0.3) is 0 Å². The number of carboxylic acid groups (broad SMARTS) is 6. The molecule has 2 rings (SSSR count). The van der Waals surface area contributed by atoms with Crippen LogP contribution in [-0.4, -0.2) is 109 Å². The lowest BCUT2D eigenvalue weighted by atomic mass is 10.0. The quantitative estimate of drug-likeness (QED) is 0.133. The van der Waals surface area contributed by atoms with Crippen molar-refractivity contribution >= 4 is 35.8 Å². The van der Waals surface area contributed by atoms with Gasteiger partial charge in [-0.2, -0.15) is 0 Å². The molecule has 1 heterocycles. The molecule has 1 fully saturated rings. The summed E-state index contributed by atoms with van der Waals surface area (Å²) in [6.45, 7) is 13.5. The van der Waals surface area contributed by atoms with E-state index in [1.165, 1.54) is 6.92 Å². The Hall–Kier alpha value is -4.20. The highest BCUT2D eigenvalue weighted by Gasteiger charge is 2.20. The average Bonchev–Trinajstić information content (AvgIpc) is 3.61. The Morgan fingerprint density at radius 2 is 1.13 bits per heavy atom. The molecule has 7 atom stereocenters. The van der Waals surface area contributed by atoms with Gasteiger partial charge >= 0.3 is 35.8 Å². The Balaban J connectivity index is -0.000000269. The van der Waals surface area contributed by atoms with Crippen molar-refractivity contribution in [2.24, 2.45) is 46.4 Å². The van der Waals surface area contributed by atoms with E-state index in [-0.39, 0.29) is 17.9 Å². The summed E-state index contributed by atoms with van der Waals surface area (Å²) in [5.74, 6) is -4.95. The minimum atomic E-state index is -0.963. The molecule has 1 aliphatic rings. The van der Waals surface area contributed by atoms with Gasteiger partial charge in [0.15, 0.2) is 0 Å². The topological polar surface area (TPSA) is 366 Å². The zero-order valence-electron chi connectivity index (χ0n) is 31.3. The second kappa shape index (κ2) is 31.5. The third-order valence-corrected chi connectivity index (χ3v) is 6.95. The van der Waals surface area contributed by atoms with Crippen molar-refractivity contribution in [3.8, 4) is 0 Å². The highest BCUT2D eigenvalue weighted by molar-refractivity contribution is 5.75. The second-order valence-electron chi connectivity index (χ2n) is 12.7. The first-order valence-electron chi connectivity index (χ1n) is 16.8. The minimum Gasteiger partial charge on any atom is -0.480 e. The van der Waals surface area contributed by atoms with Gasteiger partial charge in [-0.3, -0.25) is 28.8 Å². The summed E-state index contributed by atoms with van der Waals surface area (Å²) in [6.07, 6.45) is 3.53. The molecule has 17 N–H and O–H groups in total. The van der Waals surface area contributed by atoms with Crippen molar-refractivity contribution in [3.05, 3.63) is 35.9 Å². The first kappa shape index (κ1) is 54.6. The van der Waals surface area contributed by atoms with Crippen LogP contribution in [0.2, 0.25) is 0 Å². The van der Waals surface area contributed by atoms with E-state index in [9.17, 15) is 28.8 Å². The molecule has 18 heteroatoms. The lowest BCUT2D eigenvalue weighted by Gasteiger charge is -2.11. The Morgan fingerprint density at radius 1 is 0.692 bits per heavy atom. The summed E-state index contributed by atoms with van der Waals surface area (Å²) in [7, 11) is 0. The molecule has 18 nitrogen and oxygen atoms in total. The molecule has 0 aromatic heterocycles.